The fourth-order valence-corrected chi connectivity index (χ4v) is 3.90. The zero-order valence-electron chi connectivity index (χ0n) is 9.57. The van der Waals surface area contributed by atoms with Crippen molar-refractivity contribution in [2.75, 3.05) is 13.2 Å². The third-order valence-corrected chi connectivity index (χ3v) is 4.70. The average molecular weight is 212 g/mol. The highest BCUT2D eigenvalue weighted by atomic mass is 16.3. The van der Waals surface area contributed by atoms with E-state index < -0.39 is 0 Å². The molecule has 0 aromatic heterocycles. The molecule has 0 aromatic rings. The van der Waals surface area contributed by atoms with Gasteiger partial charge in [0.15, 0.2) is 0 Å². The van der Waals surface area contributed by atoms with Crippen molar-refractivity contribution < 1.29 is 10.2 Å². The summed E-state index contributed by atoms with van der Waals surface area (Å²) in [5, 5.41) is 18.6. The van der Waals surface area contributed by atoms with E-state index in [0.29, 0.717) is 5.92 Å². The van der Waals surface area contributed by atoms with E-state index in [-0.39, 0.29) is 19.1 Å². The van der Waals surface area contributed by atoms with E-state index in [0.717, 1.165) is 11.8 Å². The van der Waals surface area contributed by atoms with Crippen molar-refractivity contribution in [3.05, 3.63) is 0 Å². The van der Waals surface area contributed by atoms with E-state index in [9.17, 15) is 10.2 Å². The Morgan fingerprint density at radius 1 is 0.867 bits per heavy atom. The zero-order chi connectivity index (χ0) is 10.7. The number of hydrogen-bond acceptors (Lipinski definition) is 2. The molecule has 3 atom stereocenters. The van der Waals surface area contributed by atoms with Gasteiger partial charge in [-0.15, -0.1) is 0 Å². The van der Waals surface area contributed by atoms with Crippen molar-refractivity contribution in [2.45, 2.75) is 44.9 Å². The van der Waals surface area contributed by atoms with Crippen LogP contribution in [0.4, 0.5) is 0 Å². The lowest BCUT2D eigenvalue weighted by Crippen LogP contribution is -2.37. The Labute approximate surface area is 92.7 Å². The summed E-state index contributed by atoms with van der Waals surface area (Å²) in [5.74, 6) is 2.45. The van der Waals surface area contributed by atoms with E-state index >= 15 is 0 Å². The normalized spacial score (nSPS) is 36.6. The van der Waals surface area contributed by atoms with Gasteiger partial charge < -0.3 is 10.2 Å². The molecule has 0 aliphatic heterocycles. The first-order valence-corrected chi connectivity index (χ1v) is 6.58. The molecule has 2 rings (SSSR count). The Morgan fingerprint density at radius 3 is 2.27 bits per heavy atom. The molecule has 0 saturated heterocycles. The number of fused-ring (bicyclic) bond motifs is 1. The van der Waals surface area contributed by atoms with Gasteiger partial charge in [-0.1, -0.05) is 32.1 Å². The maximum absolute atomic E-state index is 9.31. The van der Waals surface area contributed by atoms with Crippen LogP contribution in [0.3, 0.4) is 0 Å². The number of aliphatic hydroxyl groups is 2. The third-order valence-electron chi connectivity index (χ3n) is 4.70. The second kappa shape index (κ2) is 5.31. The number of hydrogen-bond donors (Lipinski definition) is 2. The molecule has 88 valence electrons. The molecule has 0 amide bonds. The molecule has 15 heavy (non-hydrogen) atoms. The highest BCUT2D eigenvalue weighted by Gasteiger charge is 2.38. The van der Waals surface area contributed by atoms with Crippen LogP contribution in [0.1, 0.15) is 44.9 Å². The minimum atomic E-state index is 0.149. The van der Waals surface area contributed by atoms with E-state index in [4.69, 9.17) is 0 Å². The van der Waals surface area contributed by atoms with Crippen molar-refractivity contribution in [3.63, 3.8) is 0 Å². The van der Waals surface area contributed by atoms with Crippen LogP contribution < -0.4 is 0 Å². The summed E-state index contributed by atoms with van der Waals surface area (Å²) in [4.78, 5) is 0. The van der Waals surface area contributed by atoms with Gasteiger partial charge in [-0.05, 0) is 30.6 Å². The van der Waals surface area contributed by atoms with Gasteiger partial charge in [-0.2, -0.15) is 0 Å². The van der Waals surface area contributed by atoms with Crippen LogP contribution in [0.5, 0.6) is 0 Å². The molecule has 3 unspecified atom stereocenters. The van der Waals surface area contributed by atoms with E-state index in [1.54, 1.807) is 0 Å². The van der Waals surface area contributed by atoms with Gasteiger partial charge in [0.1, 0.15) is 0 Å². The van der Waals surface area contributed by atoms with Crippen LogP contribution in [0.15, 0.2) is 0 Å². The average Bonchev–Trinajstić information content (AvgIpc) is 2.31. The zero-order valence-corrected chi connectivity index (χ0v) is 9.57. The molecule has 0 heterocycles. The van der Waals surface area contributed by atoms with Crippen molar-refractivity contribution >= 4 is 0 Å². The molecule has 0 radical (unpaired) electrons. The molecule has 2 fully saturated rings. The molecule has 0 spiro atoms. The Morgan fingerprint density at radius 2 is 1.53 bits per heavy atom. The number of aliphatic hydroxyl groups excluding tert-OH is 2. The molecular formula is C13H24O2. The molecule has 2 nitrogen and oxygen atoms in total. The molecule has 2 N–H and O–H groups in total. The maximum atomic E-state index is 9.31. The molecule has 0 bridgehead atoms. The van der Waals surface area contributed by atoms with E-state index in [2.05, 4.69) is 0 Å². The van der Waals surface area contributed by atoms with Crippen molar-refractivity contribution in [1.29, 1.82) is 0 Å². The van der Waals surface area contributed by atoms with Gasteiger partial charge in [0.25, 0.3) is 0 Å². The van der Waals surface area contributed by atoms with Crippen LogP contribution in [0, 0.1) is 23.7 Å². The summed E-state index contributed by atoms with van der Waals surface area (Å²) >= 11 is 0. The van der Waals surface area contributed by atoms with Crippen LogP contribution in [-0.4, -0.2) is 23.4 Å². The monoisotopic (exact) mass is 212 g/mol. The van der Waals surface area contributed by atoms with Crippen LogP contribution in [0.25, 0.3) is 0 Å². The van der Waals surface area contributed by atoms with Crippen molar-refractivity contribution in [1.82, 2.24) is 0 Å². The van der Waals surface area contributed by atoms with Crippen molar-refractivity contribution in [2.24, 2.45) is 23.7 Å². The first kappa shape index (κ1) is 11.4. The first-order chi connectivity index (χ1) is 7.36. The lowest BCUT2D eigenvalue weighted by molar-refractivity contribution is 0.0144. The molecule has 2 aliphatic rings. The minimum Gasteiger partial charge on any atom is -0.396 e. The SMILES string of the molecule is OCC(CO)C1CCCC2CCCCC21. The van der Waals surface area contributed by atoms with E-state index in [1.807, 2.05) is 0 Å². The fraction of sp³-hybridized carbons (Fsp3) is 1.00. The van der Waals surface area contributed by atoms with Crippen LogP contribution >= 0.6 is 0 Å². The third kappa shape index (κ3) is 2.36. The summed E-state index contributed by atoms with van der Waals surface area (Å²) in [5.41, 5.74) is 0. The molecule has 2 saturated carbocycles. The molecular weight excluding hydrogens is 188 g/mol. The van der Waals surface area contributed by atoms with Crippen LogP contribution in [-0.2, 0) is 0 Å². The number of rotatable bonds is 3. The van der Waals surface area contributed by atoms with Gasteiger partial charge in [0, 0.05) is 19.1 Å². The first-order valence-electron chi connectivity index (χ1n) is 6.58. The highest BCUT2D eigenvalue weighted by Crippen LogP contribution is 2.46. The topological polar surface area (TPSA) is 40.5 Å². The quantitative estimate of drug-likeness (QED) is 0.753. The Balaban J connectivity index is 2.02. The minimum absolute atomic E-state index is 0.149. The standard InChI is InChI=1S/C13H24O2/c14-8-11(9-15)13-7-3-5-10-4-1-2-6-12(10)13/h10-15H,1-9H2. The Hall–Kier alpha value is -0.0800. The second-order valence-electron chi connectivity index (χ2n) is 5.43. The summed E-state index contributed by atoms with van der Waals surface area (Å²) in [7, 11) is 0. The largest absolute Gasteiger partial charge is 0.396 e. The smallest absolute Gasteiger partial charge is 0.0483 e. The van der Waals surface area contributed by atoms with Gasteiger partial charge in [0.05, 0.1) is 0 Å². The Kier molecular flexibility index (Phi) is 4.04. The molecule has 0 aromatic carbocycles. The Bertz CT molecular complexity index is 187. The summed E-state index contributed by atoms with van der Waals surface area (Å²) in [6, 6.07) is 0. The summed E-state index contributed by atoms with van der Waals surface area (Å²) in [6.45, 7) is 0.342. The maximum Gasteiger partial charge on any atom is 0.0483 e. The predicted octanol–water partition coefficient (Wildman–Crippen LogP) is 2.19. The van der Waals surface area contributed by atoms with Crippen LogP contribution in [0.2, 0.25) is 0 Å². The van der Waals surface area contributed by atoms with Gasteiger partial charge in [-0.25, -0.2) is 0 Å². The highest BCUT2D eigenvalue weighted by molar-refractivity contribution is 4.88. The van der Waals surface area contributed by atoms with E-state index in [1.165, 1.54) is 44.9 Å². The molecule has 2 heteroatoms. The second-order valence-corrected chi connectivity index (χ2v) is 5.43. The molecule has 2 aliphatic carbocycles. The lowest BCUT2D eigenvalue weighted by atomic mass is 9.62. The van der Waals surface area contributed by atoms with Gasteiger partial charge in [0.2, 0.25) is 0 Å². The summed E-state index contributed by atoms with van der Waals surface area (Å²) in [6.07, 6.45) is 9.43. The van der Waals surface area contributed by atoms with Gasteiger partial charge in [-0.3, -0.25) is 0 Å². The summed E-state index contributed by atoms with van der Waals surface area (Å²) < 4.78 is 0. The van der Waals surface area contributed by atoms with Gasteiger partial charge >= 0.3 is 0 Å². The fourth-order valence-electron chi connectivity index (χ4n) is 3.90. The van der Waals surface area contributed by atoms with Crippen molar-refractivity contribution in [3.8, 4) is 0 Å². The predicted molar refractivity (Wildman–Crippen MR) is 60.5 cm³/mol. The lowest BCUT2D eigenvalue weighted by Gasteiger charge is -2.44.